The number of methoxy groups -OCH3 is 2. The zero-order chi connectivity index (χ0) is 15.4. The second kappa shape index (κ2) is 6.66. The molecule has 112 valence electrons. The first-order chi connectivity index (χ1) is 10.1. The van der Waals surface area contributed by atoms with Crippen LogP contribution in [0.5, 0.6) is 11.5 Å². The number of hydrogen-bond acceptors (Lipinski definition) is 5. The number of ether oxygens (including phenoxy) is 2. The van der Waals surface area contributed by atoms with E-state index in [2.05, 4.69) is 31.2 Å². The largest absolute Gasteiger partial charge is 0.494 e. The summed E-state index contributed by atoms with van der Waals surface area (Å²) in [6.07, 6.45) is 2.92. The van der Waals surface area contributed by atoms with Gasteiger partial charge in [0.25, 0.3) is 0 Å². The van der Waals surface area contributed by atoms with Gasteiger partial charge in [-0.15, -0.1) is 0 Å². The molecule has 0 amide bonds. The van der Waals surface area contributed by atoms with E-state index in [1.54, 1.807) is 0 Å². The Labute approximate surface area is 128 Å². The van der Waals surface area contributed by atoms with Crippen LogP contribution in [0.4, 0.5) is 14.6 Å². The highest BCUT2D eigenvalue weighted by atomic mass is 79.9. The molecule has 5 nitrogen and oxygen atoms in total. The van der Waals surface area contributed by atoms with Gasteiger partial charge in [-0.05, 0) is 15.9 Å². The molecule has 0 saturated heterocycles. The first-order valence-corrected chi connectivity index (χ1v) is 6.66. The van der Waals surface area contributed by atoms with Crippen molar-refractivity contribution in [1.29, 1.82) is 0 Å². The molecule has 1 aromatic heterocycles. The summed E-state index contributed by atoms with van der Waals surface area (Å²) in [4.78, 5) is 7.97. The quantitative estimate of drug-likeness (QED) is 0.888. The third-order valence-corrected chi connectivity index (χ3v) is 3.14. The van der Waals surface area contributed by atoms with Crippen molar-refractivity contribution in [3.05, 3.63) is 40.3 Å². The van der Waals surface area contributed by atoms with Crippen LogP contribution in [0, 0.1) is 11.6 Å². The monoisotopic (exact) mass is 359 g/mol. The number of anilines is 1. The molecule has 1 heterocycles. The van der Waals surface area contributed by atoms with E-state index >= 15 is 0 Å². The molecular weight excluding hydrogens is 348 g/mol. The van der Waals surface area contributed by atoms with Crippen molar-refractivity contribution < 1.29 is 18.3 Å². The maximum atomic E-state index is 14.1. The highest BCUT2D eigenvalue weighted by molar-refractivity contribution is 9.10. The van der Waals surface area contributed by atoms with Gasteiger partial charge in [-0.25, -0.2) is 18.7 Å². The molecule has 0 unspecified atom stereocenters. The summed E-state index contributed by atoms with van der Waals surface area (Å²) < 4.78 is 38.5. The van der Waals surface area contributed by atoms with E-state index in [4.69, 9.17) is 9.47 Å². The Balaban J connectivity index is 2.28. The van der Waals surface area contributed by atoms with Crippen LogP contribution in [0.15, 0.2) is 23.1 Å². The summed E-state index contributed by atoms with van der Waals surface area (Å²) in [6, 6.07) is 1.16. The molecule has 0 radical (unpaired) electrons. The predicted octanol–water partition coefficient (Wildman–Crippen LogP) is 3.15. The molecule has 8 heteroatoms. The van der Waals surface area contributed by atoms with Crippen molar-refractivity contribution in [1.82, 2.24) is 9.97 Å². The molecule has 2 aromatic rings. The number of halogens is 3. The summed E-state index contributed by atoms with van der Waals surface area (Å²) in [5, 5.41) is 2.79. The van der Waals surface area contributed by atoms with Gasteiger partial charge in [0.2, 0.25) is 0 Å². The van der Waals surface area contributed by atoms with Crippen LogP contribution < -0.4 is 14.8 Å². The lowest BCUT2D eigenvalue weighted by Crippen LogP contribution is -2.08. The molecule has 0 atom stereocenters. The average Bonchev–Trinajstić information content (AvgIpc) is 2.49. The van der Waals surface area contributed by atoms with E-state index in [1.807, 2.05) is 0 Å². The Bertz CT molecular complexity index is 610. The Morgan fingerprint density at radius 2 is 1.71 bits per heavy atom. The number of nitrogens with zero attached hydrogens (tertiary/aromatic N) is 2. The summed E-state index contributed by atoms with van der Waals surface area (Å²) in [5.41, 5.74) is -0.198. The minimum Gasteiger partial charge on any atom is -0.494 e. The molecule has 0 fully saturated rings. The molecule has 1 N–H and O–H groups in total. The lowest BCUT2D eigenvalue weighted by atomic mass is 10.1. The molecular formula is C13H12BrF2N3O2. The normalized spacial score (nSPS) is 10.3. The molecule has 0 aliphatic heterocycles. The summed E-state index contributed by atoms with van der Waals surface area (Å²) in [6.45, 7) is -0.123. The molecule has 0 aliphatic carbocycles. The number of benzene rings is 1. The van der Waals surface area contributed by atoms with Crippen LogP contribution in [-0.2, 0) is 6.54 Å². The summed E-state index contributed by atoms with van der Waals surface area (Å²) in [5.74, 6) is -1.36. The van der Waals surface area contributed by atoms with Gasteiger partial charge in [0, 0.05) is 12.6 Å². The predicted molar refractivity (Wildman–Crippen MR) is 76.5 cm³/mol. The minimum atomic E-state index is -0.784. The van der Waals surface area contributed by atoms with E-state index < -0.39 is 11.6 Å². The van der Waals surface area contributed by atoms with Gasteiger partial charge in [-0.2, -0.15) is 0 Å². The maximum absolute atomic E-state index is 14.1. The Kier molecular flexibility index (Phi) is 4.89. The number of nitrogens with one attached hydrogen (secondary N) is 1. The first kappa shape index (κ1) is 15.4. The lowest BCUT2D eigenvalue weighted by molar-refractivity contribution is 0.354. The third kappa shape index (κ3) is 3.38. The van der Waals surface area contributed by atoms with Crippen molar-refractivity contribution in [3.63, 3.8) is 0 Å². The van der Waals surface area contributed by atoms with Crippen molar-refractivity contribution >= 4 is 21.7 Å². The van der Waals surface area contributed by atoms with Crippen LogP contribution in [-0.4, -0.2) is 24.2 Å². The first-order valence-electron chi connectivity index (χ1n) is 5.87. The number of hydrogen-bond donors (Lipinski definition) is 1. The Hall–Kier alpha value is -1.96. The fourth-order valence-corrected chi connectivity index (χ4v) is 1.88. The van der Waals surface area contributed by atoms with Crippen LogP contribution in [0.25, 0.3) is 0 Å². The zero-order valence-electron chi connectivity index (χ0n) is 11.3. The SMILES string of the molecule is COc1cc(OC)c(F)c(CNc2cnc(Br)cn2)c1F. The smallest absolute Gasteiger partial charge is 0.173 e. The molecule has 21 heavy (non-hydrogen) atoms. The van der Waals surface area contributed by atoms with Crippen LogP contribution in [0.2, 0.25) is 0 Å². The lowest BCUT2D eigenvalue weighted by Gasteiger charge is -2.13. The van der Waals surface area contributed by atoms with E-state index in [0.717, 1.165) is 6.07 Å². The fraction of sp³-hybridized carbons (Fsp3) is 0.231. The number of rotatable bonds is 5. The van der Waals surface area contributed by atoms with Crippen LogP contribution >= 0.6 is 15.9 Å². The standard InChI is InChI=1S/C13H12BrF2N3O2/c1-20-8-3-9(21-2)13(16)7(12(8)15)4-18-11-6-17-10(14)5-19-11/h3,5-6H,4H2,1-2H3,(H,18,19). The van der Waals surface area contributed by atoms with Crippen molar-refractivity contribution in [2.75, 3.05) is 19.5 Å². The molecule has 1 aromatic carbocycles. The van der Waals surface area contributed by atoms with Crippen LogP contribution in [0.3, 0.4) is 0 Å². The van der Waals surface area contributed by atoms with Crippen molar-refractivity contribution in [2.45, 2.75) is 6.54 Å². The maximum Gasteiger partial charge on any atom is 0.173 e. The molecule has 2 rings (SSSR count). The molecule has 0 bridgehead atoms. The van der Waals surface area contributed by atoms with Gasteiger partial charge < -0.3 is 14.8 Å². The second-order valence-electron chi connectivity index (χ2n) is 3.97. The second-order valence-corrected chi connectivity index (χ2v) is 4.78. The molecule has 0 spiro atoms. The van der Waals surface area contributed by atoms with Gasteiger partial charge in [0.15, 0.2) is 23.1 Å². The van der Waals surface area contributed by atoms with Gasteiger partial charge >= 0.3 is 0 Å². The highest BCUT2D eigenvalue weighted by Crippen LogP contribution is 2.31. The Morgan fingerprint density at radius 3 is 2.19 bits per heavy atom. The zero-order valence-corrected chi connectivity index (χ0v) is 12.9. The summed E-state index contributed by atoms with van der Waals surface area (Å²) in [7, 11) is 2.60. The third-order valence-electron chi connectivity index (χ3n) is 2.73. The van der Waals surface area contributed by atoms with E-state index in [0.29, 0.717) is 10.4 Å². The average molecular weight is 360 g/mol. The van der Waals surface area contributed by atoms with E-state index in [-0.39, 0.29) is 23.6 Å². The minimum absolute atomic E-state index is 0.0908. The molecule has 0 aliphatic rings. The topological polar surface area (TPSA) is 56.3 Å². The highest BCUT2D eigenvalue weighted by Gasteiger charge is 2.19. The Morgan fingerprint density at radius 1 is 1.10 bits per heavy atom. The fourth-order valence-electron chi connectivity index (χ4n) is 1.67. The summed E-state index contributed by atoms with van der Waals surface area (Å²) >= 11 is 3.15. The van der Waals surface area contributed by atoms with Crippen LogP contribution in [0.1, 0.15) is 5.56 Å². The van der Waals surface area contributed by atoms with Gasteiger partial charge in [-0.3, -0.25) is 0 Å². The van der Waals surface area contributed by atoms with E-state index in [1.165, 1.54) is 26.6 Å². The molecule has 0 saturated carbocycles. The van der Waals surface area contributed by atoms with Gasteiger partial charge in [0.05, 0.1) is 32.2 Å². The van der Waals surface area contributed by atoms with Crippen molar-refractivity contribution in [2.24, 2.45) is 0 Å². The van der Waals surface area contributed by atoms with Gasteiger partial charge in [0.1, 0.15) is 10.4 Å². The number of aromatic nitrogens is 2. The van der Waals surface area contributed by atoms with Crippen molar-refractivity contribution in [3.8, 4) is 11.5 Å². The van der Waals surface area contributed by atoms with E-state index in [9.17, 15) is 8.78 Å². The van der Waals surface area contributed by atoms with Gasteiger partial charge in [-0.1, -0.05) is 0 Å².